The van der Waals surface area contributed by atoms with Crippen molar-refractivity contribution in [2.24, 2.45) is 23.7 Å². The number of hydrogen-bond acceptors (Lipinski definition) is 4. The summed E-state index contributed by atoms with van der Waals surface area (Å²) in [5, 5.41) is 5.53. The first-order valence-corrected chi connectivity index (χ1v) is 10.7. The Morgan fingerprint density at radius 1 is 0.968 bits per heavy atom. The highest BCUT2D eigenvalue weighted by Crippen LogP contribution is 2.49. The van der Waals surface area contributed by atoms with Gasteiger partial charge in [-0.2, -0.15) is 0 Å². The summed E-state index contributed by atoms with van der Waals surface area (Å²) < 4.78 is 0. The minimum atomic E-state index is -0.767. The summed E-state index contributed by atoms with van der Waals surface area (Å²) in [6, 6.07) is 14.3. The van der Waals surface area contributed by atoms with E-state index in [-0.39, 0.29) is 35.5 Å². The van der Waals surface area contributed by atoms with Gasteiger partial charge in [-0.25, -0.2) is 9.78 Å². The van der Waals surface area contributed by atoms with E-state index in [2.05, 4.69) is 27.8 Å². The maximum absolute atomic E-state index is 13.4. The molecule has 6 rings (SSSR count). The minimum absolute atomic E-state index is 0.108. The second kappa shape index (κ2) is 7.98. The molecule has 2 heterocycles. The lowest BCUT2D eigenvalue weighted by Crippen LogP contribution is -2.53. The third kappa shape index (κ3) is 3.60. The number of benzene rings is 1. The van der Waals surface area contributed by atoms with Crippen molar-refractivity contribution < 1.29 is 14.4 Å². The lowest BCUT2D eigenvalue weighted by Gasteiger charge is -2.38. The van der Waals surface area contributed by atoms with Crippen LogP contribution >= 0.6 is 0 Å². The number of urea groups is 1. The molecule has 7 nitrogen and oxygen atoms in total. The van der Waals surface area contributed by atoms with Crippen molar-refractivity contribution in [1.29, 1.82) is 0 Å². The van der Waals surface area contributed by atoms with Crippen LogP contribution in [0.4, 0.5) is 10.6 Å². The fourth-order valence-electron chi connectivity index (χ4n) is 5.19. The number of pyridine rings is 1. The number of nitrogens with one attached hydrogen (secondary N) is 2. The molecular weight excluding hydrogens is 392 g/mol. The predicted octanol–water partition coefficient (Wildman–Crippen LogP) is 2.97. The van der Waals surface area contributed by atoms with Gasteiger partial charge in [-0.05, 0) is 42.4 Å². The molecule has 1 saturated heterocycles. The van der Waals surface area contributed by atoms with Crippen LogP contribution in [0.25, 0.3) is 0 Å². The van der Waals surface area contributed by atoms with Crippen LogP contribution in [0.15, 0.2) is 66.9 Å². The second-order valence-electron chi connectivity index (χ2n) is 8.41. The zero-order valence-corrected chi connectivity index (χ0v) is 17.0. The molecule has 2 bridgehead atoms. The maximum Gasteiger partial charge on any atom is 0.322 e. The SMILES string of the molecule is O=C(Nc1ccccn1)N[C@H](Cc1ccccc1)N1C(=O)[C@@H]2[C@@H](C1=O)[C@H]1C=C[C@H]2CC1. The molecule has 158 valence electrons. The molecule has 2 aromatic rings. The maximum atomic E-state index is 13.4. The van der Waals surface area contributed by atoms with Crippen molar-refractivity contribution in [2.45, 2.75) is 25.4 Å². The summed E-state index contributed by atoms with van der Waals surface area (Å²) in [6.45, 7) is 0. The van der Waals surface area contributed by atoms with Gasteiger partial charge in [0.1, 0.15) is 12.0 Å². The molecule has 1 aliphatic heterocycles. The summed E-state index contributed by atoms with van der Waals surface area (Å²) >= 11 is 0. The van der Waals surface area contributed by atoms with Gasteiger partial charge in [-0.15, -0.1) is 0 Å². The van der Waals surface area contributed by atoms with Crippen LogP contribution in [0.2, 0.25) is 0 Å². The number of carbonyl (C=O) groups excluding carboxylic acids is 3. The van der Waals surface area contributed by atoms with E-state index in [1.807, 2.05) is 30.3 Å². The Labute approximate surface area is 180 Å². The van der Waals surface area contributed by atoms with Gasteiger partial charge in [0.2, 0.25) is 11.8 Å². The fraction of sp³-hybridized carbons (Fsp3) is 0.333. The van der Waals surface area contributed by atoms with Gasteiger partial charge < -0.3 is 5.32 Å². The van der Waals surface area contributed by atoms with E-state index in [1.54, 1.807) is 24.4 Å². The van der Waals surface area contributed by atoms with Crippen molar-refractivity contribution in [3.63, 3.8) is 0 Å². The average Bonchev–Trinajstić information content (AvgIpc) is 3.08. The van der Waals surface area contributed by atoms with Crippen LogP contribution in [0.1, 0.15) is 18.4 Å². The van der Waals surface area contributed by atoms with E-state index in [9.17, 15) is 14.4 Å². The molecule has 2 N–H and O–H groups in total. The quantitative estimate of drug-likeness (QED) is 0.579. The molecule has 4 amide bonds. The lowest BCUT2D eigenvalue weighted by atomic mass is 9.63. The molecule has 1 aromatic carbocycles. The van der Waals surface area contributed by atoms with E-state index in [4.69, 9.17) is 0 Å². The number of nitrogens with zero attached hydrogens (tertiary/aromatic N) is 2. The number of carbonyl (C=O) groups is 3. The average molecular weight is 416 g/mol. The molecule has 31 heavy (non-hydrogen) atoms. The second-order valence-corrected chi connectivity index (χ2v) is 8.41. The van der Waals surface area contributed by atoms with Crippen molar-refractivity contribution in [2.75, 3.05) is 5.32 Å². The third-order valence-corrected chi connectivity index (χ3v) is 6.58. The monoisotopic (exact) mass is 416 g/mol. The highest BCUT2D eigenvalue weighted by atomic mass is 16.2. The molecule has 4 aliphatic rings. The first-order chi connectivity index (χ1) is 15.1. The normalized spacial score (nSPS) is 27.2. The molecule has 3 aliphatic carbocycles. The molecule has 0 radical (unpaired) electrons. The molecule has 7 heteroatoms. The van der Waals surface area contributed by atoms with Crippen molar-refractivity contribution in [3.8, 4) is 0 Å². The van der Waals surface area contributed by atoms with Gasteiger partial charge in [-0.3, -0.25) is 19.8 Å². The van der Waals surface area contributed by atoms with Crippen LogP contribution in [0.5, 0.6) is 0 Å². The summed E-state index contributed by atoms with van der Waals surface area (Å²) in [5.74, 6) is -0.354. The van der Waals surface area contributed by atoms with Crippen LogP contribution in [0.3, 0.4) is 0 Å². The summed E-state index contributed by atoms with van der Waals surface area (Å²) in [7, 11) is 0. The third-order valence-electron chi connectivity index (χ3n) is 6.58. The largest absolute Gasteiger partial charge is 0.322 e. The molecule has 1 aromatic heterocycles. The van der Waals surface area contributed by atoms with Crippen molar-refractivity contribution >= 4 is 23.7 Å². The van der Waals surface area contributed by atoms with Crippen molar-refractivity contribution in [3.05, 3.63) is 72.4 Å². The number of imide groups is 1. The van der Waals surface area contributed by atoms with Gasteiger partial charge in [0, 0.05) is 12.6 Å². The van der Waals surface area contributed by atoms with Crippen LogP contribution < -0.4 is 10.6 Å². The van der Waals surface area contributed by atoms with Crippen molar-refractivity contribution in [1.82, 2.24) is 15.2 Å². The molecule has 2 fully saturated rings. The standard InChI is InChI=1S/C24H24N4O3/c29-22-20-16-9-10-17(12-11-16)21(20)23(30)28(22)19(14-15-6-2-1-3-7-15)27-24(31)26-18-8-4-5-13-25-18/h1-10,13,16-17,19-21H,11-12,14H2,(H2,25,26,27,31)/t16-,17-,19-,20-,21-/m0/s1. The molecule has 0 spiro atoms. The Morgan fingerprint density at radius 3 is 2.19 bits per heavy atom. The Bertz CT molecular complexity index is 992. The van der Waals surface area contributed by atoms with Gasteiger partial charge in [-0.1, -0.05) is 48.6 Å². The smallest absolute Gasteiger partial charge is 0.317 e. The first-order valence-electron chi connectivity index (χ1n) is 10.7. The number of allylic oxidation sites excluding steroid dienone is 2. The molecule has 1 saturated carbocycles. The number of amides is 4. The topological polar surface area (TPSA) is 91.4 Å². The summed E-state index contributed by atoms with van der Waals surface area (Å²) in [6.07, 6.45) is 7.22. The number of rotatable bonds is 5. The van der Waals surface area contributed by atoms with E-state index in [0.29, 0.717) is 12.2 Å². The Morgan fingerprint density at radius 2 is 1.61 bits per heavy atom. The van der Waals surface area contributed by atoms with Gasteiger partial charge in [0.15, 0.2) is 0 Å². The Kier molecular flexibility index (Phi) is 5.02. The number of aromatic nitrogens is 1. The van der Waals surface area contributed by atoms with Gasteiger partial charge in [0.25, 0.3) is 0 Å². The summed E-state index contributed by atoms with van der Waals surface area (Å²) in [5.41, 5.74) is 0.933. The highest BCUT2D eigenvalue weighted by molar-refractivity contribution is 6.06. The predicted molar refractivity (Wildman–Crippen MR) is 115 cm³/mol. The first kappa shape index (κ1) is 19.5. The Hall–Kier alpha value is -3.48. The Balaban J connectivity index is 1.41. The number of fused-ring (bicyclic) bond motifs is 1. The summed E-state index contributed by atoms with van der Waals surface area (Å²) in [4.78, 5) is 44.9. The number of likely N-dealkylation sites (tertiary alicyclic amines) is 1. The van der Waals surface area contributed by atoms with E-state index < -0.39 is 12.2 Å². The highest BCUT2D eigenvalue weighted by Gasteiger charge is 2.58. The fourth-order valence-corrected chi connectivity index (χ4v) is 5.19. The zero-order valence-electron chi connectivity index (χ0n) is 17.0. The zero-order chi connectivity index (χ0) is 21.4. The molecule has 5 atom stereocenters. The van der Waals surface area contributed by atoms with Gasteiger partial charge in [0.05, 0.1) is 11.8 Å². The van der Waals surface area contributed by atoms with Crippen LogP contribution in [-0.4, -0.2) is 33.9 Å². The molecule has 0 unspecified atom stereocenters. The lowest BCUT2D eigenvalue weighted by molar-refractivity contribution is -0.143. The van der Waals surface area contributed by atoms with E-state index in [0.717, 1.165) is 18.4 Å². The minimum Gasteiger partial charge on any atom is -0.317 e. The molecular formula is C24H24N4O3. The van der Waals surface area contributed by atoms with Crippen LogP contribution in [-0.2, 0) is 16.0 Å². The van der Waals surface area contributed by atoms with E-state index in [1.165, 1.54) is 4.90 Å². The van der Waals surface area contributed by atoms with Crippen LogP contribution in [0, 0.1) is 23.7 Å². The van der Waals surface area contributed by atoms with E-state index >= 15 is 0 Å². The number of hydrogen-bond donors (Lipinski definition) is 2. The van der Waals surface area contributed by atoms with Gasteiger partial charge >= 0.3 is 6.03 Å². The number of anilines is 1.